The summed E-state index contributed by atoms with van der Waals surface area (Å²) in [6.07, 6.45) is 0. The van der Waals surface area contributed by atoms with Gasteiger partial charge in [0.1, 0.15) is 6.67 Å². The van der Waals surface area contributed by atoms with Crippen molar-refractivity contribution in [2.75, 3.05) is 16.5 Å². The third kappa shape index (κ3) is 2.94. The Morgan fingerprint density at radius 3 is 2.12 bits per heavy atom. The van der Waals surface area contributed by atoms with Gasteiger partial charge in [-0.2, -0.15) is 0 Å². The zero-order chi connectivity index (χ0) is 23.8. The van der Waals surface area contributed by atoms with Crippen LogP contribution >= 0.6 is 0 Å². The number of nitrogens with zero attached hydrogens (tertiary/aromatic N) is 2. The Bertz CT molecular complexity index is 1400. The first kappa shape index (κ1) is 21.3. The maximum atomic E-state index is 2.55. The summed E-state index contributed by atoms with van der Waals surface area (Å²) in [5, 5.41) is 2.68. The summed E-state index contributed by atoms with van der Waals surface area (Å²) < 4.78 is 0. The van der Waals surface area contributed by atoms with Crippen LogP contribution in [0.2, 0.25) is 0 Å². The third-order valence-electron chi connectivity index (χ3n) is 7.96. The topological polar surface area (TPSA) is 6.48 Å². The molecule has 0 radical (unpaired) electrons. The number of anilines is 4. The van der Waals surface area contributed by atoms with Crippen LogP contribution in [-0.2, 0) is 5.41 Å². The molecule has 172 valence electrons. The highest BCUT2D eigenvalue weighted by atomic mass is 15.4. The van der Waals surface area contributed by atoms with E-state index in [4.69, 9.17) is 0 Å². The lowest BCUT2D eigenvalue weighted by Gasteiger charge is -2.40. The van der Waals surface area contributed by atoms with Crippen LogP contribution in [0.15, 0.2) is 72.8 Å². The van der Waals surface area contributed by atoms with Gasteiger partial charge in [0.25, 0.3) is 0 Å². The molecule has 2 heterocycles. The summed E-state index contributed by atoms with van der Waals surface area (Å²) in [6.45, 7) is 14.8. The lowest BCUT2D eigenvalue weighted by molar-refractivity contribution is 0.635. The second-order valence-corrected chi connectivity index (χ2v) is 11.1. The number of hydrogen-bond donors (Lipinski definition) is 0. The van der Waals surface area contributed by atoms with Gasteiger partial charge in [0, 0.05) is 16.8 Å². The van der Waals surface area contributed by atoms with Crippen molar-refractivity contribution in [2.24, 2.45) is 0 Å². The van der Waals surface area contributed by atoms with Crippen molar-refractivity contribution in [1.82, 2.24) is 0 Å². The maximum Gasteiger partial charge on any atom is 0.100 e. The minimum Gasteiger partial charge on any atom is -0.321 e. The van der Waals surface area contributed by atoms with Crippen molar-refractivity contribution in [1.29, 1.82) is 0 Å². The van der Waals surface area contributed by atoms with Crippen LogP contribution in [0.4, 0.5) is 22.7 Å². The molecule has 2 nitrogen and oxygen atoms in total. The summed E-state index contributed by atoms with van der Waals surface area (Å²) in [5.74, 6) is 1.01. The molecule has 0 spiro atoms. The molecule has 4 aromatic carbocycles. The molecule has 0 unspecified atom stereocenters. The highest BCUT2D eigenvalue weighted by Gasteiger charge is 2.43. The van der Waals surface area contributed by atoms with Crippen molar-refractivity contribution >= 4 is 33.5 Å². The normalized spacial score (nSPS) is 15.9. The molecule has 0 amide bonds. The van der Waals surface area contributed by atoms with Crippen molar-refractivity contribution in [3.05, 3.63) is 95.1 Å². The minimum absolute atomic E-state index is 0.0725. The molecule has 0 saturated heterocycles. The van der Waals surface area contributed by atoms with Gasteiger partial charge in [-0.25, -0.2) is 0 Å². The van der Waals surface area contributed by atoms with Crippen molar-refractivity contribution in [3.8, 4) is 0 Å². The Morgan fingerprint density at radius 1 is 0.706 bits per heavy atom. The summed E-state index contributed by atoms with van der Waals surface area (Å²) in [4.78, 5) is 5.08. The predicted octanol–water partition coefficient (Wildman–Crippen LogP) is 8.97. The van der Waals surface area contributed by atoms with Crippen molar-refractivity contribution in [2.45, 2.75) is 58.8 Å². The Balaban J connectivity index is 1.58. The molecule has 0 N–H and O–H groups in total. The largest absolute Gasteiger partial charge is 0.321 e. The van der Waals surface area contributed by atoms with Gasteiger partial charge in [-0.3, -0.25) is 0 Å². The number of fused-ring (bicyclic) bond motifs is 4. The smallest absolute Gasteiger partial charge is 0.100 e. The van der Waals surface area contributed by atoms with E-state index in [-0.39, 0.29) is 5.41 Å². The number of rotatable bonds is 3. The SMILES string of the molecule is CC(C)c1cc(C(C)C)cc(N2CN3c4ccc5ccccc5c4C(C)(C)c4cccc2c43)c1. The highest BCUT2D eigenvalue weighted by molar-refractivity contribution is 6.00. The molecule has 4 aromatic rings. The van der Waals surface area contributed by atoms with Gasteiger partial charge in [-0.05, 0) is 69.1 Å². The fourth-order valence-corrected chi connectivity index (χ4v) is 6.00. The lowest BCUT2D eigenvalue weighted by atomic mass is 9.72. The molecule has 2 aliphatic rings. The molecule has 2 heteroatoms. The van der Waals surface area contributed by atoms with E-state index in [9.17, 15) is 0 Å². The highest BCUT2D eigenvalue weighted by Crippen LogP contribution is 2.57. The van der Waals surface area contributed by atoms with Crippen LogP contribution in [-0.4, -0.2) is 6.67 Å². The predicted molar refractivity (Wildman–Crippen MR) is 146 cm³/mol. The summed E-state index contributed by atoms with van der Waals surface area (Å²) in [7, 11) is 0. The Kier molecular flexibility index (Phi) is 4.61. The minimum atomic E-state index is -0.0725. The molecule has 0 aromatic heterocycles. The van der Waals surface area contributed by atoms with E-state index >= 15 is 0 Å². The average molecular weight is 447 g/mol. The fourth-order valence-electron chi connectivity index (χ4n) is 6.00. The average Bonchev–Trinajstić information content (AvgIpc) is 3.22. The lowest BCUT2D eigenvalue weighted by Crippen LogP contribution is -2.33. The number of para-hydroxylation sites is 1. The molecular formula is C32H34N2. The van der Waals surface area contributed by atoms with E-state index in [1.165, 1.54) is 55.8 Å². The second-order valence-electron chi connectivity index (χ2n) is 11.1. The Labute approximate surface area is 203 Å². The van der Waals surface area contributed by atoms with Crippen LogP contribution in [0.25, 0.3) is 10.8 Å². The first-order valence-electron chi connectivity index (χ1n) is 12.6. The van der Waals surface area contributed by atoms with E-state index in [1.54, 1.807) is 0 Å². The van der Waals surface area contributed by atoms with E-state index in [2.05, 4.69) is 124 Å². The second kappa shape index (κ2) is 7.37. The Hall–Kier alpha value is -3.26. The van der Waals surface area contributed by atoms with Crippen molar-refractivity contribution in [3.63, 3.8) is 0 Å². The van der Waals surface area contributed by atoms with E-state index in [1.807, 2.05) is 0 Å². The third-order valence-corrected chi connectivity index (χ3v) is 7.96. The van der Waals surface area contributed by atoms with E-state index in [0.717, 1.165) is 6.67 Å². The summed E-state index contributed by atoms with van der Waals surface area (Å²) in [6, 6.07) is 27.6. The monoisotopic (exact) mass is 446 g/mol. The zero-order valence-corrected chi connectivity index (χ0v) is 21.2. The maximum absolute atomic E-state index is 2.55. The van der Waals surface area contributed by atoms with Crippen LogP contribution in [0.3, 0.4) is 0 Å². The summed E-state index contributed by atoms with van der Waals surface area (Å²) >= 11 is 0. The Morgan fingerprint density at radius 2 is 1.41 bits per heavy atom. The molecule has 0 atom stereocenters. The zero-order valence-electron chi connectivity index (χ0n) is 21.2. The van der Waals surface area contributed by atoms with Crippen LogP contribution < -0.4 is 9.80 Å². The first-order valence-corrected chi connectivity index (χ1v) is 12.6. The van der Waals surface area contributed by atoms with Gasteiger partial charge in [-0.15, -0.1) is 0 Å². The molecule has 2 aliphatic heterocycles. The van der Waals surface area contributed by atoms with E-state index < -0.39 is 0 Å². The van der Waals surface area contributed by atoms with Crippen LogP contribution in [0.1, 0.15) is 75.6 Å². The molecule has 6 rings (SSSR count). The van der Waals surface area contributed by atoms with Crippen molar-refractivity contribution < 1.29 is 0 Å². The fraction of sp³-hybridized carbons (Fsp3) is 0.312. The molecule has 0 saturated carbocycles. The van der Waals surface area contributed by atoms with Gasteiger partial charge in [-0.1, -0.05) is 90.1 Å². The molecular weight excluding hydrogens is 412 g/mol. The standard InChI is InChI=1S/C32H34N2/c1-20(2)23-16-24(21(3)4)18-25(17-23)33-19-34-28-15-14-22-10-7-8-11-26(22)30(28)32(5,6)27-12-9-13-29(33)31(27)34/h7-18,20-21H,19H2,1-6H3. The number of hydrogen-bond acceptors (Lipinski definition) is 2. The quantitative estimate of drug-likeness (QED) is 0.310. The summed E-state index contributed by atoms with van der Waals surface area (Å²) in [5.41, 5.74) is 11.0. The molecule has 0 fully saturated rings. The number of benzene rings is 4. The molecule has 0 bridgehead atoms. The van der Waals surface area contributed by atoms with Gasteiger partial charge in [0.15, 0.2) is 0 Å². The van der Waals surface area contributed by atoms with Crippen LogP contribution in [0, 0.1) is 0 Å². The van der Waals surface area contributed by atoms with Gasteiger partial charge in [0.05, 0.1) is 11.4 Å². The van der Waals surface area contributed by atoms with Gasteiger partial charge in [0.2, 0.25) is 0 Å². The molecule has 34 heavy (non-hydrogen) atoms. The first-order chi connectivity index (χ1) is 16.3. The van der Waals surface area contributed by atoms with Gasteiger partial charge >= 0.3 is 0 Å². The van der Waals surface area contributed by atoms with Gasteiger partial charge < -0.3 is 9.80 Å². The molecule has 0 aliphatic carbocycles. The van der Waals surface area contributed by atoms with Crippen LogP contribution in [0.5, 0.6) is 0 Å². The van der Waals surface area contributed by atoms with E-state index in [0.29, 0.717) is 11.8 Å².